The fraction of sp³-hybridized carbons (Fsp3) is 0.333. The SMILES string of the molecule is CSc1ccc(S(=O)(=O)N2CCC(C(=O)Nc3nc(-c4cc(C)ccc4C)cs3)CC2)cc1. The van der Waals surface area contributed by atoms with Crippen molar-refractivity contribution in [2.24, 2.45) is 5.92 Å². The van der Waals surface area contributed by atoms with Crippen LogP contribution < -0.4 is 5.32 Å². The van der Waals surface area contributed by atoms with Crippen molar-refractivity contribution >= 4 is 44.2 Å². The predicted octanol–water partition coefficient (Wildman–Crippen LogP) is 5.19. The van der Waals surface area contributed by atoms with Crippen LogP contribution in [-0.4, -0.2) is 43.0 Å². The number of carbonyl (C=O) groups is 1. The number of thiazole rings is 1. The van der Waals surface area contributed by atoms with Crippen LogP contribution in [-0.2, 0) is 14.8 Å². The lowest BCUT2D eigenvalue weighted by Crippen LogP contribution is -2.41. The van der Waals surface area contributed by atoms with Gasteiger partial charge in [-0.25, -0.2) is 13.4 Å². The van der Waals surface area contributed by atoms with Crippen LogP contribution in [0, 0.1) is 19.8 Å². The minimum Gasteiger partial charge on any atom is -0.302 e. The zero-order valence-electron chi connectivity index (χ0n) is 18.9. The molecule has 0 radical (unpaired) electrons. The number of aromatic nitrogens is 1. The maximum atomic E-state index is 13.0. The number of thioether (sulfide) groups is 1. The van der Waals surface area contributed by atoms with Crippen LogP contribution >= 0.6 is 23.1 Å². The van der Waals surface area contributed by atoms with Gasteiger partial charge in [-0.15, -0.1) is 23.1 Å². The quantitative estimate of drug-likeness (QED) is 0.470. The van der Waals surface area contributed by atoms with E-state index in [1.54, 1.807) is 23.9 Å². The molecule has 1 aromatic heterocycles. The van der Waals surface area contributed by atoms with Crippen molar-refractivity contribution in [3.63, 3.8) is 0 Å². The highest BCUT2D eigenvalue weighted by molar-refractivity contribution is 7.98. The number of nitrogens with zero attached hydrogens (tertiary/aromatic N) is 2. The van der Waals surface area contributed by atoms with E-state index in [9.17, 15) is 13.2 Å². The van der Waals surface area contributed by atoms with Crippen LogP contribution in [0.1, 0.15) is 24.0 Å². The van der Waals surface area contributed by atoms with Crippen LogP contribution in [0.2, 0.25) is 0 Å². The largest absolute Gasteiger partial charge is 0.302 e. The van der Waals surface area contributed by atoms with Gasteiger partial charge in [0.1, 0.15) is 0 Å². The van der Waals surface area contributed by atoms with Crippen LogP contribution in [0.5, 0.6) is 0 Å². The molecule has 1 fully saturated rings. The van der Waals surface area contributed by atoms with Gasteiger partial charge in [-0.1, -0.05) is 17.7 Å². The number of nitrogens with one attached hydrogen (secondary N) is 1. The topological polar surface area (TPSA) is 79.4 Å². The van der Waals surface area contributed by atoms with E-state index < -0.39 is 10.0 Å². The smallest absolute Gasteiger partial charge is 0.243 e. The third-order valence-corrected chi connectivity index (χ3v) is 9.34. The first-order valence-electron chi connectivity index (χ1n) is 10.8. The van der Waals surface area contributed by atoms with Crippen LogP contribution in [0.15, 0.2) is 57.6 Å². The second-order valence-electron chi connectivity index (χ2n) is 8.20. The number of hydrogen-bond donors (Lipinski definition) is 1. The number of piperidine rings is 1. The van der Waals surface area contributed by atoms with Crippen molar-refractivity contribution in [1.29, 1.82) is 0 Å². The van der Waals surface area contributed by atoms with Gasteiger partial charge in [0, 0.05) is 34.8 Å². The summed E-state index contributed by atoms with van der Waals surface area (Å²) >= 11 is 2.98. The summed E-state index contributed by atoms with van der Waals surface area (Å²) in [5.41, 5.74) is 4.22. The summed E-state index contributed by atoms with van der Waals surface area (Å²) < 4.78 is 27.4. The van der Waals surface area contributed by atoms with Crippen molar-refractivity contribution in [3.05, 3.63) is 59.0 Å². The molecular weight excluding hydrogens is 474 g/mol. The highest BCUT2D eigenvalue weighted by atomic mass is 32.2. The number of hydrogen-bond acceptors (Lipinski definition) is 6. The molecule has 174 valence electrons. The minimum absolute atomic E-state index is 0.0989. The van der Waals surface area contributed by atoms with Crippen LogP contribution in [0.25, 0.3) is 11.3 Å². The molecule has 2 heterocycles. The van der Waals surface area contributed by atoms with Gasteiger partial charge in [0.2, 0.25) is 15.9 Å². The molecule has 1 amide bonds. The Morgan fingerprint density at radius 1 is 1.12 bits per heavy atom. The van der Waals surface area contributed by atoms with Gasteiger partial charge in [-0.2, -0.15) is 4.31 Å². The van der Waals surface area contributed by atoms with Crippen LogP contribution in [0.4, 0.5) is 5.13 Å². The van der Waals surface area contributed by atoms with Crippen molar-refractivity contribution in [1.82, 2.24) is 9.29 Å². The molecule has 3 aromatic rings. The lowest BCUT2D eigenvalue weighted by Gasteiger charge is -2.30. The van der Waals surface area contributed by atoms with E-state index in [0.29, 0.717) is 36.0 Å². The van der Waals surface area contributed by atoms with E-state index >= 15 is 0 Å². The Hall–Kier alpha value is -2.20. The molecule has 2 aromatic carbocycles. The van der Waals surface area contributed by atoms with Gasteiger partial charge in [-0.05, 0) is 68.8 Å². The second-order valence-corrected chi connectivity index (χ2v) is 11.9. The molecule has 0 unspecified atom stereocenters. The lowest BCUT2D eigenvalue weighted by atomic mass is 9.97. The molecule has 0 atom stereocenters. The first-order chi connectivity index (χ1) is 15.8. The number of rotatable bonds is 6. The fourth-order valence-electron chi connectivity index (χ4n) is 3.93. The Labute approximate surface area is 203 Å². The standard InChI is InChI=1S/C24H27N3O3S3/c1-16-4-5-17(2)21(14-16)22-15-32-24(25-22)26-23(28)18-10-12-27(13-11-18)33(29,30)20-8-6-19(31-3)7-9-20/h4-9,14-15,18H,10-13H2,1-3H3,(H,25,26,28). The summed E-state index contributed by atoms with van der Waals surface area (Å²) in [6.45, 7) is 4.75. The Morgan fingerprint density at radius 3 is 2.48 bits per heavy atom. The van der Waals surface area contributed by atoms with Gasteiger partial charge in [0.15, 0.2) is 5.13 Å². The van der Waals surface area contributed by atoms with E-state index in [4.69, 9.17) is 0 Å². The summed E-state index contributed by atoms with van der Waals surface area (Å²) in [5.74, 6) is -0.332. The minimum atomic E-state index is -3.55. The molecular formula is C24H27N3O3S3. The van der Waals surface area contributed by atoms with Crippen LogP contribution in [0.3, 0.4) is 0 Å². The van der Waals surface area contributed by atoms with Gasteiger partial charge in [0.25, 0.3) is 0 Å². The molecule has 33 heavy (non-hydrogen) atoms. The highest BCUT2D eigenvalue weighted by Crippen LogP contribution is 2.30. The number of aryl methyl sites for hydroxylation is 2. The normalized spacial score (nSPS) is 15.5. The van der Waals surface area contributed by atoms with E-state index in [1.165, 1.54) is 15.6 Å². The predicted molar refractivity (Wildman–Crippen MR) is 135 cm³/mol. The van der Waals surface area contributed by atoms with E-state index in [1.807, 2.05) is 37.6 Å². The van der Waals surface area contributed by atoms with Crippen molar-refractivity contribution in [2.75, 3.05) is 24.7 Å². The third kappa shape index (κ3) is 5.32. The number of anilines is 1. The molecule has 1 saturated heterocycles. The average molecular weight is 502 g/mol. The number of benzene rings is 2. The first-order valence-corrected chi connectivity index (χ1v) is 14.3. The molecule has 0 saturated carbocycles. The van der Waals surface area contributed by atoms with Crippen molar-refractivity contribution < 1.29 is 13.2 Å². The Balaban J connectivity index is 1.37. The lowest BCUT2D eigenvalue weighted by molar-refractivity contribution is -0.120. The van der Waals surface area contributed by atoms with E-state index in [-0.39, 0.29) is 11.8 Å². The molecule has 1 N–H and O–H groups in total. The number of amides is 1. The molecule has 4 rings (SSSR count). The van der Waals surface area contributed by atoms with Gasteiger partial charge >= 0.3 is 0 Å². The third-order valence-electron chi connectivity index (χ3n) is 5.93. The molecule has 1 aliphatic rings. The van der Waals surface area contributed by atoms with Crippen molar-refractivity contribution in [2.45, 2.75) is 36.5 Å². The Kier molecular flexibility index (Phi) is 7.23. The molecule has 0 aliphatic carbocycles. The number of carbonyl (C=O) groups excluding carboxylic acids is 1. The molecule has 6 nitrogen and oxygen atoms in total. The summed E-state index contributed by atoms with van der Waals surface area (Å²) in [6, 6.07) is 13.2. The Morgan fingerprint density at radius 2 is 1.82 bits per heavy atom. The van der Waals surface area contributed by atoms with Crippen molar-refractivity contribution in [3.8, 4) is 11.3 Å². The molecule has 0 bridgehead atoms. The summed E-state index contributed by atoms with van der Waals surface area (Å²) in [5, 5.41) is 5.45. The first kappa shape index (κ1) is 23.9. The van der Waals surface area contributed by atoms with Gasteiger partial charge < -0.3 is 5.32 Å². The average Bonchev–Trinajstić information content (AvgIpc) is 3.29. The summed E-state index contributed by atoms with van der Waals surface area (Å²) in [7, 11) is -3.55. The van der Waals surface area contributed by atoms with Gasteiger partial charge in [0.05, 0.1) is 10.6 Å². The molecule has 0 spiro atoms. The van der Waals surface area contributed by atoms with E-state index in [2.05, 4.69) is 28.5 Å². The number of sulfonamides is 1. The fourth-order valence-corrected chi connectivity index (χ4v) is 6.52. The summed E-state index contributed by atoms with van der Waals surface area (Å²) in [6.07, 6.45) is 2.93. The maximum absolute atomic E-state index is 13.0. The maximum Gasteiger partial charge on any atom is 0.243 e. The van der Waals surface area contributed by atoms with E-state index in [0.717, 1.165) is 27.3 Å². The monoisotopic (exact) mass is 501 g/mol. The second kappa shape index (κ2) is 9.97. The highest BCUT2D eigenvalue weighted by Gasteiger charge is 2.32. The molecule has 9 heteroatoms. The van der Waals surface area contributed by atoms with Gasteiger partial charge in [-0.3, -0.25) is 4.79 Å². The summed E-state index contributed by atoms with van der Waals surface area (Å²) in [4.78, 5) is 18.7. The Bertz CT molecular complexity index is 1250. The zero-order chi connectivity index (χ0) is 23.6. The molecule has 1 aliphatic heterocycles. The zero-order valence-corrected chi connectivity index (χ0v) is 21.3.